The molecule has 0 fully saturated rings. The van der Waals surface area contributed by atoms with E-state index in [0.29, 0.717) is 29.9 Å². The molecule has 0 saturated carbocycles. The van der Waals surface area contributed by atoms with Gasteiger partial charge in [0.25, 0.3) is 0 Å². The Balaban J connectivity index is 1.67. The van der Waals surface area contributed by atoms with Gasteiger partial charge in [-0.1, -0.05) is 24.3 Å². The van der Waals surface area contributed by atoms with Gasteiger partial charge in [0.2, 0.25) is 5.88 Å². The topological polar surface area (TPSA) is 73.1 Å². The van der Waals surface area contributed by atoms with Crippen molar-refractivity contribution in [1.29, 1.82) is 0 Å². The molecule has 1 unspecified atom stereocenters. The predicted molar refractivity (Wildman–Crippen MR) is 79.0 cm³/mol. The van der Waals surface area contributed by atoms with Crippen molar-refractivity contribution in [3.8, 4) is 5.88 Å². The number of anilines is 2. The maximum absolute atomic E-state index is 6.00. The molecule has 0 radical (unpaired) electrons. The summed E-state index contributed by atoms with van der Waals surface area (Å²) in [5.41, 5.74) is 9.32. The van der Waals surface area contributed by atoms with Crippen molar-refractivity contribution < 1.29 is 4.74 Å². The number of nitrogens with one attached hydrogen (secondary N) is 1. The summed E-state index contributed by atoms with van der Waals surface area (Å²) in [6, 6.07) is 8.52. The van der Waals surface area contributed by atoms with Crippen molar-refractivity contribution in [1.82, 2.24) is 9.97 Å². The van der Waals surface area contributed by atoms with Crippen molar-refractivity contribution in [3.05, 3.63) is 41.7 Å². The van der Waals surface area contributed by atoms with Gasteiger partial charge < -0.3 is 15.8 Å². The lowest BCUT2D eigenvalue weighted by atomic mass is 9.77. The van der Waals surface area contributed by atoms with E-state index in [1.54, 1.807) is 0 Å². The van der Waals surface area contributed by atoms with Gasteiger partial charge >= 0.3 is 0 Å². The van der Waals surface area contributed by atoms with Crippen molar-refractivity contribution in [2.24, 2.45) is 0 Å². The summed E-state index contributed by atoms with van der Waals surface area (Å²) >= 11 is 0. The van der Waals surface area contributed by atoms with E-state index in [-0.39, 0.29) is 0 Å². The number of aromatic nitrogens is 2. The van der Waals surface area contributed by atoms with Gasteiger partial charge in [0, 0.05) is 12.5 Å². The molecule has 1 aliphatic carbocycles. The molecule has 3 rings (SSSR count). The van der Waals surface area contributed by atoms with Gasteiger partial charge in [0.1, 0.15) is 12.0 Å². The molecule has 5 heteroatoms. The number of benzene rings is 1. The van der Waals surface area contributed by atoms with Gasteiger partial charge in [-0.25, -0.2) is 4.98 Å². The molecule has 1 atom stereocenters. The number of hydrogen-bond acceptors (Lipinski definition) is 5. The van der Waals surface area contributed by atoms with Crippen molar-refractivity contribution in [3.63, 3.8) is 0 Å². The van der Waals surface area contributed by atoms with Crippen molar-refractivity contribution in [2.45, 2.75) is 19.3 Å². The molecule has 3 N–H and O–H groups in total. The molecule has 1 aromatic heterocycles. The second-order valence-corrected chi connectivity index (χ2v) is 4.85. The molecule has 1 aliphatic rings. The van der Waals surface area contributed by atoms with Gasteiger partial charge in [0.05, 0.1) is 6.61 Å². The fourth-order valence-corrected chi connectivity index (χ4v) is 2.54. The third-order valence-corrected chi connectivity index (χ3v) is 3.61. The van der Waals surface area contributed by atoms with E-state index in [1.807, 2.05) is 6.92 Å². The van der Waals surface area contributed by atoms with Gasteiger partial charge in [0.15, 0.2) is 5.82 Å². The Hall–Kier alpha value is -2.30. The first-order valence-corrected chi connectivity index (χ1v) is 6.84. The Morgan fingerprint density at radius 3 is 3.00 bits per heavy atom. The molecule has 0 aliphatic heterocycles. The third-order valence-electron chi connectivity index (χ3n) is 3.61. The summed E-state index contributed by atoms with van der Waals surface area (Å²) in [7, 11) is 0. The smallest absolute Gasteiger partial charge is 0.242 e. The van der Waals surface area contributed by atoms with Crippen LogP contribution in [0.2, 0.25) is 0 Å². The Kier molecular flexibility index (Phi) is 3.41. The number of nitrogen functional groups attached to an aromatic ring is 1. The summed E-state index contributed by atoms with van der Waals surface area (Å²) < 4.78 is 5.36. The average molecular weight is 270 g/mol. The van der Waals surface area contributed by atoms with E-state index in [4.69, 9.17) is 10.5 Å². The quantitative estimate of drug-likeness (QED) is 0.871. The Labute approximate surface area is 118 Å². The highest BCUT2D eigenvalue weighted by molar-refractivity contribution is 5.66. The summed E-state index contributed by atoms with van der Waals surface area (Å²) in [5, 5.41) is 3.30. The first kappa shape index (κ1) is 12.7. The molecule has 0 bridgehead atoms. The number of nitrogens with zero attached hydrogens (tertiary/aromatic N) is 2. The fourth-order valence-electron chi connectivity index (χ4n) is 2.54. The molecule has 0 amide bonds. The molecule has 104 valence electrons. The van der Waals surface area contributed by atoms with Gasteiger partial charge in [-0.05, 0) is 24.5 Å². The van der Waals surface area contributed by atoms with Crippen LogP contribution in [-0.2, 0) is 6.42 Å². The summed E-state index contributed by atoms with van der Waals surface area (Å²) in [5.74, 6) is 1.61. The van der Waals surface area contributed by atoms with E-state index in [0.717, 1.165) is 13.0 Å². The van der Waals surface area contributed by atoms with Crippen molar-refractivity contribution >= 4 is 11.5 Å². The van der Waals surface area contributed by atoms with E-state index in [2.05, 4.69) is 39.6 Å². The van der Waals surface area contributed by atoms with Crippen LogP contribution >= 0.6 is 0 Å². The molecule has 5 nitrogen and oxygen atoms in total. The summed E-state index contributed by atoms with van der Waals surface area (Å²) in [6.07, 6.45) is 2.57. The minimum Gasteiger partial charge on any atom is -0.476 e. The molecule has 0 saturated heterocycles. The number of nitrogens with two attached hydrogens (primary N) is 1. The van der Waals surface area contributed by atoms with Crippen LogP contribution in [0.3, 0.4) is 0 Å². The minimum atomic E-state index is 0.444. The average Bonchev–Trinajstić information content (AvgIpc) is 2.44. The number of rotatable bonds is 5. The van der Waals surface area contributed by atoms with Crippen LogP contribution in [0.5, 0.6) is 5.88 Å². The zero-order chi connectivity index (χ0) is 13.9. The zero-order valence-corrected chi connectivity index (χ0v) is 11.5. The van der Waals surface area contributed by atoms with Gasteiger partial charge in [-0.15, -0.1) is 0 Å². The largest absolute Gasteiger partial charge is 0.476 e. The summed E-state index contributed by atoms with van der Waals surface area (Å²) in [4.78, 5) is 8.21. The second kappa shape index (κ2) is 5.36. The van der Waals surface area contributed by atoms with Gasteiger partial charge in [-0.2, -0.15) is 4.98 Å². The van der Waals surface area contributed by atoms with E-state index in [1.165, 1.54) is 17.5 Å². The Morgan fingerprint density at radius 1 is 1.35 bits per heavy atom. The molecule has 2 aromatic rings. The highest BCUT2D eigenvalue weighted by Crippen LogP contribution is 2.35. The standard InChI is InChI=1S/C15H18N4O/c1-2-20-15-13(16)14(18-9-19-15)17-8-11-7-10-5-3-4-6-12(10)11/h3-6,9,11H,2,7-8,16H2,1H3,(H,17,18,19). The monoisotopic (exact) mass is 270 g/mol. The van der Waals surface area contributed by atoms with Crippen LogP contribution in [-0.4, -0.2) is 23.1 Å². The highest BCUT2D eigenvalue weighted by Gasteiger charge is 2.25. The van der Waals surface area contributed by atoms with Crippen LogP contribution in [0, 0.1) is 0 Å². The van der Waals surface area contributed by atoms with E-state index in [9.17, 15) is 0 Å². The molecule has 20 heavy (non-hydrogen) atoms. The lowest BCUT2D eigenvalue weighted by Crippen LogP contribution is -2.24. The van der Waals surface area contributed by atoms with E-state index < -0.39 is 0 Å². The first-order valence-electron chi connectivity index (χ1n) is 6.84. The predicted octanol–water partition coefficient (Wildman–Crippen LogP) is 2.21. The molecule has 1 aromatic carbocycles. The maximum atomic E-state index is 6.00. The maximum Gasteiger partial charge on any atom is 0.242 e. The van der Waals surface area contributed by atoms with Crippen LogP contribution in [0.4, 0.5) is 11.5 Å². The van der Waals surface area contributed by atoms with E-state index >= 15 is 0 Å². The lowest BCUT2D eigenvalue weighted by molar-refractivity contribution is 0.328. The first-order chi connectivity index (χ1) is 9.79. The SMILES string of the molecule is CCOc1ncnc(NCC2Cc3ccccc32)c1N. The molecular formula is C15H18N4O. The van der Waals surface area contributed by atoms with Crippen LogP contribution in [0.1, 0.15) is 24.0 Å². The molecule has 0 spiro atoms. The van der Waals surface area contributed by atoms with Crippen molar-refractivity contribution in [2.75, 3.05) is 24.2 Å². The summed E-state index contributed by atoms with van der Waals surface area (Å²) in [6.45, 7) is 3.26. The second-order valence-electron chi connectivity index (χ2n) is 4.85. The fraction of sp³-hybridized carbons (Fsp3) is 0.333. The van der Waals surface area contributed by atoms with Crippen LogP contribution < -0.4 is 15.8 Å². The van der Waals surface area contributed by atoms with Crippen LogP contribution in [0.25, 0.3) is 0 Å². The Morgan fingerprint density at radius 2 is 2.20 bits per heavy atom. The highest BCUT2D eigenvalue weighted by atomic mass is 16.5. The number of hydrogen-bond donors (Lipinski definition) is 2. The zero-order valence-electron chi connectivity index (χ0n) is 11.5. The van der Waals surface area contributed by atoms with Gasteiger partial charge in [-0.3, -0.25) is 0 Å². The third kappa shape index (κ3) is 2.27. The number of ether oxygens (including phenoxy) is 1. The Bertz CT molecular complexity index is 615. The normalized spacial score (nSPS) is 16.1. The van der Waals surface area contributed by atoms with Crippen LogP contribution in [0.15, 0.2) is 30.6 Å². The molecular weight excluding hydrogens is 252 g/mol. The number of fused-ring (bicyclic) bond motifs is 1. The lowest BCUT2D eigenvalue weighted by Gasteiger charge is -2.30. The minimum absolute atomic E-state index is 0.444. The molecule has 1 heterocycles.